The minimum Gasteiger partial charge on any atom is -0.382 e. The molecule has 0 aromatic heterocycles. The Hall–Kier alpha value is 0.410. The van der Waals surface area contributed by atoms with Gasteiger partial charge in [-0.05, 0) is 11.1 Å². The summed E-state index contributed by atoms with van der Waals surface area (Å²) < 4.78 is 11.3. The van der Waals surface area contributed by atoms with Gasteiger partial charge in [-0.1, -0.05) is 52.4 Å². The Morgan fingerprint density at radius 1 is 1.10 bits per heavy atom. The minimum atomic E-state index is 0.647. The van der Waals surface area contributed by atoms with Crippen molar-refractivity contribution in [1.82, 2.24) is 0 Å². The van der Waals surface area contributed by atoms with Gasteiger partial charge in [-0.15, -0.1) is 23.5 Å². The van der Waals surface area contributed by atoms with Crippen LogP contribution < -0.4 is 0 Å². The lowest BCUT2D eigenvalue weighted by molar-refractivity contribution is 0.0791. The topological polar surface area (TPSA) is 18.5 Å². The molecule has 0 aliphatic carbocycles. The number of hydrogen-bond donors (Lipinski definition) is 0. The number of hydrogen-bond acceptors (Lipinski definition) is 5. The Labute approximate surface area is 143 Å². The standard InChI is InChI=1S/C14H19BrO2S3/c1-16-6-7-17-8-9-19-14(18)20-11-13-4-2-12(10-15)3-5-13/h2-5H,6-11H2,1H3. The summed E-state index contributed by atoms with van der Waals surface area (Å²) in [5.74, 6) is 1.83. The van der Waals surface area contributed by atoms with E-state index >= 15 is 0 Å². The van der Waals surface area contributed by atoms with E-state index in [2.05, 4.69) is 40.2 Å². The molecule has 0 unspecified atom stereocenters. The van der Waals surface area contributed by atoms with Crippen molar-refractivity contribution in [2.24, 2.45) is 0 Å². The predicted molar refractivity (Wildman–Crippen MR) is 98.1 cm³/mol. The van der Waals surface area contributed by atoms with E-state index in [1.165, 1.54) is 11.1 Å². The number of ether oxygens (including phenoxy) is 2. The van der Waals surface area contributed by atoms with Crippen molar-refractivity contribution in [3.05, 3.63) is 35.4 Å². The van der Waals surface area contributed by atoms with E-state index in [0.29, 0.717) is 19.8 Å². The van der Waals surface area contributed by atoms with Gasteiger partial charge in [-0.2, -0.15) is 0 Å². The number of benzene rings is 1. The fourth-order valence-electron chi connectivity index (χ4n) is 1.34. The summed E-state index contributed by atoms with van der Waals surface area (Å²) in [7, 11) is 1.67. The van der Waals surface area contributed by atoms with Crippen LogP contribution >= 0.6 is 51.7 Å². The van der Waals surface area contributed by atoms with Crippen LogP contribution in [-0.2, 0) is 20.6 Å². The monoisotopic (exact) mass is 394 g/mol. The Morgan fingerprint density at radius 2 is 1.80 bits per heavy atom. The highest BCUT2D eigenvalue weighted by Crippen LogP contribution is 2.22. The van der Waals surface area contributed by atoms with Crippen molar-refractivity contribution in [3.63, 3.8) is 0 Å². The predicted octanol–water partition coefficient (Wildman–Crippen LogP) is 4.50. The third kappa shape index (κ3) is 8.64. The largest absolute Gasteiger partial charge is 0.382 e. The number of rotatable bonds is 9. The van der Waals surface area contributed by atoms with Gasteiger partial charge < -0.3 is 9.47 Å². The van der Waals surface area contributed by atoms with E-state index < -0.39 is 0 Å². The lowest BCUT2D eigenvalue weighted by atomic mass is 10.2. The zero-order valence-electron chi connectivity index (χ0n) is 11.5. The van der Waals surface area contributed by atoms with Crippen LogP contribution in [0, 0.1) is 0 Å². The number of halogens is 1. The van der Waals surface area contributed by atoms with Gasteiger partial charge in [0.15, 0.2) is 0 Å². The number of thioether (sulfide) groups is 2. The molecule has 0 heterocycles. The second-order valence-electron chi connectivity index (χ2n) is 3.94. The summed E-state index contributed by atoms with van der Waals surface area (Å²) in [6, 6.07) is 8.60. The normalized spacial score (nSPS) is 10.7. The van der Waals surface area contributed by atoms with E-state index in [1.54, 1.807) is 30.6 Å². The molecule has 0 saturated carbocycles. The van der Waals surface area contributed by atoms with Crippen LogP contribution in [0.15, 0.2) is 24.3 Å². The molecule has 0 amide bonds. The maximum Gasteiger partial charge on any atom is 0.104 e. The number of thiocarbonyl (C=S) groups is 1. The SMILES string of the molecule is COCCOCCSC(=S)SCc1ccc(CBr)cc1. The van der Waals surface area contributed by atoms with Crippen LogP contribution in [0.2, 0.25) is 0 Å². The van der Waals surface area contributed by atoms with Crippen molar-refractivity contribution < 1.29 is 9.47 Å². The molecular formula is C14H19BrO2S3. The Morgan fingerprint density at radius 3 is 2.45 bits per heavy atom. The Balaban J connectivity index is 2.10. The van der Waals surface area contributed by atoms with Crippen LogP contribution in [0.1, 0.15) is 11.1 Å². The van der Waals surface area contributed by atoms with Crippen molar-refractivity contribution >= 4 is 55.2 Å². The Kier molecular flexibility index (Phi) is 11.1. The highest BCUT2D eigenvalue weighted by molar-refractivity contribution is 9.08. The molecular weight excluding hydrogens is 376 g/mol. The number of methoxy groups -OCH3 is 1. The smallest absolute Gasteiger partial charge is 0.104 e. The van der Waals surface area contributed by atoms with Gasteiger partial charge in [-0.25, -0.2) is 0 Å². The van der Waals surface area contributed by atoms with E-state index in [-0.39, 0.29) is 0 Å². The Bertz CT molecular complexity index is 385. The van der Waals surface area contributed by atoms with Gasteiger partial charge in [0.2, 0.25) is 0 Å². The summed E-state index contributed by atoms with van der Waals surface area (Å²) in [6.07, 6.45) is 0. The molecule has 0 bridgehead atoms. The highest BCUT2D eigenvalue weighted by atomic mass is 79.9. The first-order valence-corrected chi connectivity index (χ1v) is 9.76. The summed E-state index contributed by atoms with van der Waals surface area (Å²) >= 11 is 12.2. The molecule has 0 atom stereocenters. The molecule has 20 heavy (non-hydrogen) atoms. The summed E-state index contributed by atoms with van der Waals surface area (Å²) in [4.78, 5) is 0. The van der Waals surface area contributed by atoms with Crippen LogP contribution in [0.25, 0.3) is 0 Å². The molecule has 2 nitrogen and oxygen atoms in total. The average molecular weight is 395 g/mol. The molecule has 0 saturated heterocycles. The molecule has 1 aromatic carbocycles. The van der Waals surface area contributed by atoms with Gasteiger partial charge in [0.05, 0.1) is 19.8 Å². The summed E-state index contributed by atoms with van der Waals surface area (Å²) in [5.41, 5.74) is 2.60. The fraction of sp³-hybridized carbons (Fsp3) is 0.500. The van der Waals surface area contributed by atoms with Gasteiger partial charge in [0, 0.05) is 23.9 Å². The lowest BCUT2D eigenvalue weighted by Crippen LogP contribution is -2.05. The van der Waals surface area contributed by atoms with Gasteiger partial charge in [0.25, 0.3) is 0 Å². The molecule has 0 fully saturated rings. The molecule has 0 spiro atoms. The maximum absolute atomic E-state index is 5.39. The first-order chi connectivity index (χ1) is 9.76. The summed E-state index contributed by atoms with van der Waals surface area (Å²) in [6.45, 7) is 2.01. The van der Waals surface area contributed by atoms with Crippen LogP contribution in [0.3, 0.4) is 0 Å². The molecule has 0 aliphatic heterocycles. The van der Waals surface area contributed by atoms with Crippen LogP contribution in [-0.4, -0.2) is 36.2 Å². The minimum absolute atomic E-state index is 0.647. The van der Waals surface area contributed by atoms with Gasteiger partial charge >= 0.3 is 0 Å². The molecule has 0 radical (unpaired) electrons. The van der Waals surface area contributed by atoms with Crippen LogP contribution in [0.4, 0.5) is 0 Å². The average Bonchev–Trinajstić information content (AvgIpc) is 2.49. The van der Waals surface area contributed by atoms with E-state index in [4.69, 9.17) is 21.7 Å². The van der Waals surface area contributed by atoms with Gasteiger partial charge in [0.1, 0.15) is 3.53 Å². The molecule has 0 N–H and O–H groups in total. The fourth-order valence-corrected chi connectivity index (χ4v) is 3.74. The van der Waals surface area contributed by atoms with E-state index in [9.17, 15) is 0 Å². The second kappa shape index (κ2) is 12.0. The zero-order chi connectivity index (χ0) is 14.6. The van der Waals surface area contributed by atoms with Crippen LogP contribution in [0.5, 0.6) is 0 Å². The first-order valence-electron chi connectivity index (χ1n) is 6.26. The molecule has 112 valence electrons. The molecule has 1 aromatic rings. The quantitative estimate of drug-likeness (QED) is 0.347. The van der Waals surface area contributed by atoms with Crippen molar-refractivity contribution in [1.29, 1.82) is 0 Å². The molecule has 0 aliphatic rings. The van der Waals surface area contributed by atoms with Crippen molar-refractivity contribution in [2.45, 2.75) is 11.1 Å². The summed E-state index contributed by atoms with van der Waals surface area (Å²) in [5, 5.41) is 0.901. The van der Waals surface area contributed by atoms with Gasteiger partial charge in [-0.3, -0.25) is 0 Å². The zero-order valence-corrected chi connectivity index (χ0v) is 15.5. The third-order valence-corrected chi connectivity index (χ3v) is 5.79. The first kappa shape index (κ1) is 18.5. The molecule has 6 heteroatoms. The number of alkyl halides is 1. The van der Waals surface area contributed by atoms with E-state index in [0.717, 1.165) is 20.4 Å². The maximum atomic E-state index is 5.39. The second-order valence-corrected chi connectivity index (χ2v) is 7.78. The third-order valence-electron chi connectivity index (χ3n) is 2.41. The molecule has 1 rings (SSSR count). The van der Waals surface area contributed by atoms with E-state index in [1.807, 2.05) is 0 Å². The van der Waals surface area contributed by atoms with Crippen molar-refractivity contribution in [3.8, 4) is 0 Å². The van der Waals surface area contributed by atoms with Crippen molar-refractivity contribution in [2.75, 3.05) is 32.7 Å². The highest BCUT2D eigenvalue weighted by Gasteiger charge is 2.01. The lowest BCUT2D eigenvalue weighted by Gasteiger charge is -2.05.